The van der Waals surface area contributed by atoms with Crippen molar-refractivity contribution in [1.82, 2.24) is 4.98 Å². The predicted octanol–water partition coefficient (Wildman–Crippen LogP) is 6.39. The molecule has 7 rings (SSSR count). The number of amides is 1. The Balaban J connectivity index is 1.31. The van der Waals surface area contributed by atoms with E-state index in [0.717, 1.165) is 41.1 Å². The zero-order valence-corrected chi connectivity index (χ0v) is 19.2. The van der Waals surface area contributed by atoms with Crippen molar-refractivity contribution in [1.29, 1.82) is 0 Å². The average molecular weight is 455 g/mol. The van der Waals surface area contributed by atoms with Gasteiger partial charge in [-0.1, -0.05) is 30.3 Å². The van der Waals surface area contributed by atoms with Gasteiger partial charge in [0, 0.05) is 17.1 Å². The van der Waals surface area contributed by atoms with Crippen molar-refractivity contribution in [3.8, 4) is 11.3 Å². The second kappa shape index (κ2) is 8.15. The van der Waals surface area contributed by atoms with E-state index in [0.29, 0.717) is 16.7 Å². The van der Waals surface area contributed by atoms with Crippen LogP contribution in [0.3, 0.4) is 0 Å². The number of hydrogen-bond acceptors (Lipinski definition) is 2. The second-order valence-corrected chi connectivity index (χ2v) is 10.9. The molecule has 174 valence electrons. The van der Waals surface area contributed by atoms with E-state index >= 15 is 0 Å². The smallest absolute Gasteiger partial charge is 0.335 e. The number of nitrogens with one attached hydrogen (secondary N) is 2. The van der Waals surface area contributed by atoms with Crippen LogP contribution >= 0.6 is 0 Å². The number of rotatable bonds is 6. The molecule has 1 amide bonds. The van der Waals surface area contributed by atoms with E-state index in [9.17, 15) is 9.59 Å². The van der Waals surface area contributed by atoms with Crippen molar-refractivity contribution in [2.75, 3.05) is 5.32 Å². The van der Waals surface area contributed by atoms with E-state index in [1.54, 1.807) is 12.1 Å². The number of carbonyl (C=O) groups is 2. The first kappa shape index (κ1) is 21.2. The molecule has 1 heterocycles. The monoisotopic (exact) mass is 454 g/mol. The summed E-state index contributed by atoms with van der Waals surface area (Å²) in [6, 6.07) is 18.4. The van der Waals surface area contributed by atoms with Crippen LogP contribution in [0.2, 0.25) is 0 Å². The number of aromatic nitrogens is 1. The Hall–Kier alpha value is -3.34. The molecule has 0 radical (unpaired) electrons. The summed E-state index contributed by atoms with van der Waals surface area (Å²) < 4.78 is 0. The number of H-pyrrole nitrogens is 1. The number of carboxylic acids is 1. The topological polar surface area (TPSA) is 82.2 Å². The summed E-state index contributed by atoms with van der Waals surface area (Å²) in [4.78, 5) is 28.2. The van der Waals surface area contributed by atoms with E-state index in [1.165, 1.54) is 50.7 Å². The van der Waals surface area contributed by atoms with Crippen molar-refractivity contribution in [3.63, 3.8) is 0 Å². The predicted molar refractivity (Wildman–Crippen MR) is 132 cm³/mol. The first-order chi connectivity index (χ1) is 16.5. The fraction of sp³-hybridized carbons (Fsp3) is 0.379. The molecule has 4 fully saturated rings. The maximum atomic E-state index is 13.4. The van der Waals surface area contributed by atoms with Gasteiger partial charge in [-0.2, -0.15) is 0 Å². The van der Waals surface area contributed by atoms with Crippen LogP contribution in [-0.2, 0) is 6.42 Å². The first-order valence-corrected chi connectivity index (χ1v) is 12.4. The Morgan fingerprint density at radius 1 is 0.912 bits per heavy atom. The molecule has 5 heteroatoms. The number of anilines is 1. The highest BCUT2D eigenvalue weighted by Crippen LogP contribution is 2.61. The number of carboxylic acid groups (broad SMARTS) is 1. The fourth-order valence-corrected chi connectivity index (χ4v) is 7.39. The zero-order chi connectivity index (χ0) is 23.3. The van der Waals surface area contributed by atoms with Gasteiger partial charge in [-0.25, -0.2) is 4.79 Å². The van der Waals surface area contributed by atoms with Gasteiger partial charge in [-0.05, 0) is 104 Å². The Morgan fingerprint density at radius 2 is 1.53 bits per heavy atom. The molecule has 1 aromatic heterocycles. The molecule has 0 saturated heterocycles. The molecule has 0 atom stereocenters. The van der Waals surface area contributed by atoms with Crippen LogP contribution in [0, 0.1) is 23.2 Å². The molecule has 4 saturated carbocycles. The van der Waals surface area contributed by atoms with Crippen LogP contribution in [0.15, 0.2) is 60.7 Å². The molecule has 0 spiro atoms. The van der Waals surface area contributed by atoms with Crippen LogP contribution in [0.4, 0.5) is 5.69 Å². The van der Waals surface area contributed by atoms with Crippen molar-refractivity contribution in [3.05, 3.63) is 77.5 Å². The maximum Gasteiger partial charge on any atom is 0.335 e. The molecule has 3 aromatic rings. The van der Waals surface area contributed by atoms with E-state index in [2.05, 4.69) is 22.4 Å². The van der Waals surface area contributed by atoms with Crippen molar-refractivity contribution >= 4 is 17.6 Å². The minimum Gasteiger partial charge on any atom is -0.478 e. The second-order valence-electron chi connectivity index (χ2n) is 10.9. The Kier molecular flexibility index (Phi) is 5.09. The highest BCUT2D eigenvalue weighted by atomic mass is 16.4. The first-order valence-electron chi connectivity index (χ1n) is 12.4. The molecule has 34 heavy (non-hydrogen) atoms. The number of aromatic amines is 1. The average Bonchev–Trinajstić information content (AvgIpc) is 3.22. The summed E-state index contributed by atoms with van der Waals surface area (Å²) in [6.45, 7) is 0. The van der Waals surface area contributed by atoms with Crippen LogP contribution in [0.1, 0.15) is 64.9 Å². The Morgan fingerprint density at radius 3 is 2.12 bits per heavy atom. The SMILES string of the molecule is O=C(O)c1ccc(NC(=O)c2cc(-c3ccccc3)[nH]c2CC23CC4CC(CC(C4)C2)C3)cc1. The quantitative estimate of drug-likeness (QED) is 0.403. The van der Waals surface area contributed by atoms with Crippen molar-refractivity contribution < 1.29 is 14.7 Å². The molecule has 3 N–H and O–H groups in total. The zero-order valence-electron chi connectivity index (χ0n) is 19.2. The minimum absolute atomic E-state index is 0.152. The van der Waals surface area contributed by atoms with E-state index in [4.69, 9.17) is 5.11 Å². The summed E-state index contributed by atoms with van der Waals surface area (Å²) in [5.74, 6) is 1.45. The van der Waals surface area contributed by atoms with Crippen LogP contribution in [-0.4, -0.2) is 22.0 Å². The fourth-order valence-electron chi connectivity index (χ4n) is 7.39. The third-order valence-electron chi connectivity index (χ3n) is 8.34. The normalized spacial score (nSPS) is 27.0. The highest BCUT2D eigenvalue weighted by Gasteiger charge is 2.51. The number of benzene rings is 2. The molecular formula is C29H30N2O3. The molecule has 4 aliphatic rings. The van der Waals surface area contributed by atoms with Gasteiger partial charge >= 0.3 is 5.97 Å². The molecule has 4 aliphatic carbocycles. The lowest BCUT2D eigenvalue weighted by atomic mass is 9.48. The third kappa shape index (κ3) is 3.93. The Labute approximate surface area is 199 Å². The number of hydrogen-bond donors (Lipinski definition) is 3. The van der Waals surface area contributed by atoms with Gasteiger partial charge in [0.2, 0.25) is 0 Å². The van der Waals surface area contributed by atoms with Gasteiger partial charge in [0.1, 0.15) is 0 Å². The molecule has 2 aromatic carbocycles. The summed E-state index contributed by atoms with van der Waals surface area (Å²) in [5, 5.41) is 12.1. The highest BCUT2D eigenvalue weighted by molar-refractivity contribution is 6.06. The van der Waals surface area contributed by atoms with Gasteiger partial charge in [0.25, 0.3) is 5.91 Å². The van der Waals surface area contributed by atoms with Crippen molar-refractivity contribution in [2.24, 2.45) is 23.2 Å². The van der Waals surface area contributed by atoms with Gasteiger partial charge in [0.15, 0.2) is 0 Å². The summed E-state index contributed by atoms with van der Waals surface area (Å²) in [5.41, 5.74) is 4.86. The van der Waals surface area contributed by atoms with Gasteiger partial charge in [0.05, 0.1) is 11.1 Å². The Bertz CT molecular complexity index is 1190. The standard InChI is InChI=1S/C29H30N2O3/c32-27(30-23-8-6-22(7-9-23)28(33)34)24-13-25(21-4-2-1-3-5-21)31-26(24)17-29-14-18-10-19(15-29)12-20(11-18)16-29/h1-9,13,18-20,31H,10-12,14-17H2,(H,30,32)(H,33,34). The lowest BCUT2D eigenvalue weighted by Crippen LogP contribution is -2.47. The van der Waals surface area contributed by atoms with Crippen LogP contribution in [0.5, 0.6) is 0 Å². The van der Waals surface area contributed by atoms with Crippen molar-refractivity contribution in [2.45, 2.75) is 44.9 Å². The molecular weight excluding hydrogens is 424 g/mol. The van der Waals surface area contributed by atoms with Gasteiger partial charge in [-0.3, -0.25) is 4.79 Å². The van der Waals surface area contributed by atoms with E-state index in [-0.39, 0.29) is 11.5 Å². The summed E-state index contributed by atoms with van der Waals surface area (Å²) >= 11 is 0. The minimum atomic E-state index is -0.978. The van der Waals surface area contributed by atoms with Crippen LogP contribution in [0.25, 0.3) is 11.3 Å². The lowest BCUT2D eigenvalue weighted by Gasteiger charge is -2.57. The van der Waals surface area contributed by atoms with E-state index < -0.39 is 5.97 Å². The van der Waals surface area contributed by atoms with Crippen LogP contribution < -0.4 is 5.32 Å². The molecule has 0 unspecified atom stereocenters. The van der Waals surface area contributed by atoms with E-state index in [1.807, 2.05) is 24.3 Å². The molecule has 5 nitrogen and oxygen atoms in total. The molecule has 0 aliphatic heterocycles. The molecule has 4 bridgehead atoms. The number of aromatic carboxylic acids is 1. The van der Waals surface area contributed by atoms with Gasteiger partial charge < -0.3 is 15.4 Å². The van der Waals surface area contributed by atoms with Gasteiger partial charge in [-0.15, -0.1) is 0 Å². The maximum absolute atomic E-state index is 13.4. The third-order valence-corrected chi connectivity index (χ3v) is 8.34. The summed E-state index contributed by atoms with van der Waals surface area (Å²) in [7, 11) is 0. The number of carbonyl (C=O) groups excluding carboxylic acids is 1. The summed E-state index contributed by atoms with van der Waals surface area (Å²) in [6.07, 6.45) is 8.99. The lowest BCUT2D eigenvalue weighted by molar-refractivity contribution is -0.0526. The largest absolute Gasteiger partial charge is 0.478 e.